The number of carboxylic acids is 1. The van der Waals surface area contributed by atoms with Crippen molar-refractivity contribution in [1.29, 1.82) is 0 Å². The first kappa shape index (κ1) is 14.2. The Morgan fingerprint density at radius 1 is 1.45 bits per heavy atom. The van der Waals surface area contributed by atoms with Crippen molar-refractivity contribution in [2.24, 2.45) is 0 Å². The van der Waals surface area contributed by atoms with Crippen LogP contribution in [0.2, 0.25) is 0 Å². The van der Waals surface area contributed by atoms with E-state index in [9.17, 15) is 9.59 Å². The molecule has 2 N–H and O–H groups in total. The highest BCUT2D eigenvalue weighted by molar-refractivity contribution is 5.78. The van der Waals surface area contributed by atoms with E-state index in [2.05, 4.69) is 11.4 Å². The predicted octanol–water partition coefficient (Wildman–Crippen LogP) is 1.94. The van der Waals surface area contributed by atoms with Crippen molar-refractivity contribution in [1.82, 2.24) is 10.2 Å². The lowest BCUT2D eigenvalue weighted by Crippen LogP contribution is -2.43. The van der Waals surface area contributed by atoms with Gasteiger partial charge in [0.1, 0.15) is 5.76 Å². The number of nitrogens with zero attached hydrogens (tertiary/aromatic N) is 1. The average Bonchev–Trinajstić information content (AvgIpc) is 2.97. The van der Waals surface area contributed by atoms with Gasteiger partial charge in [0.25, 0.3) is 0 Å². The van der Waals surface area contributed by atoms with Crippen LogP contribution in [0.1, 0.15) is 25.0 Å². The molecule has 0 unspecified atom stereocenters. The fourth-order valence-corrected chi connectivity index (χ4v) is 2.10. The molecule has 0 radical (unpaired) electrons. The van der Waals surface area contributed by atoms with Crippen molar-refractivity contribution in [3.8, 4) is 0 Å². The van der Waals surface area contributed by atoms with E-state index in [4.69, 9.17) is 9.52 Å². The van der Waals surface area contributed by atoms with Crippen LogP contribution < -0.4 is 5.32 Å². The van der Waals surface area contributed by atoms with Crippen molar-refractivity contribution < 1.29 is 19.1 Å². The van der Waals surface area contributed by atoms with E-state index in [-0.39, 0.29) is 12.5 Å². The fourth-order valence-electron chi connectivity index (χ4n) is 2.10. The molecule has 108 valence electrons. The summed E-state index contributed by atoms with van der Waals surface area (Å²) in [4.78, 5) is 24.1. The first-order valence-corrected chi connectivity index (χ1v) is 6.64. The molecule has 6 nitrogen and oxygen atoms in total. The Kier molecular flexibility index (Phi) is 4.81. The third-order valence-electron chi connectivity index (χ3n) is 3.12. The molecule has 0 bridgehead atoms. The lowest BCUT2D eigenvalue weighted by atomic mass is 10.1. The highest BCUT2D eigenvalue weighted by atomic mass is 16.4. The zero-order chi connectivity index (χ0) is 14.4. The number of furan rings is 1. The van der Waals surface area contributed by atoms with Crippen molar-refractivity contribution in [2.45, 2.75) is 19.3 Å². The molecule has 0 fully saturated rings. The molecule has 20 heavy (non-hydrogen) atoms. The van der Waals surface area contributed by atoms with E-state index in [1.54, 1.807) is 11.2 Å². The van der Waals surface area contributed by atoms with Gasteiger partial charge in [-0.2, -0.15) is 0 Å². The van der Waals surface area contributed by atoms with Gasteiger partial charge in [-0.05, 0) is 25.0 Å². The first-order chi connectivity index (χ1) is 9.66. The molecule has 1 aliphatic heterocycles. The Morgan fingerprint density at radius 2 is 2.30 bits per heavy atom. The molecule has 2 heterocycles. The maximum absolute atomic E-state index is 12.0. The summed E-state index contributed by atoms with van der Waals surface area (Å²) in [6, 6.07) is 3.54. The van der Waals surface area contributed by atoms with Crippen LogP contribution in [-0.2, 0) is 4.79 Å². The number of carbonyl (C=O) groups excluding carboxylic acids is 1. The summed E-state index contributed by atoms with van der Waals surface area (Å²) < 4.78 is 5.33. The van der Waals surface area contributed by atoms with Gasteiger partial charge in [-0.1, -0.05) is 6.08 Å². The van der Waals surface area contributed by atoms with E-state index >= 15 is 0 Å². The molecule has 2 rings (SSSR count). The second-order valence-corrected chi connectivity index (χ2v) is 4.65. The first-order valence-electron chi connectivity index (χ1n) is 6.64. The summed E-state index contributed by atoms with van der Waals surface area (Å²) in [6.45, 7) is 1.55. The zero-order valence-electron chi connectivity index (χ0n) is 11.2. The number of carbonyl (C=O) groups is 2. The van der Waals surface area contributed by atoms with E-state index in [0.717, 1.165) is 17.8 Å². The van der Waals surface area contributed by atoms with Gasteiger partial charge >= 0.3 is 12.0 Å². The minimum absolute atomic E-state index is 0.0673. The van der Waals surface area contributed by atoms with E-state index in [0.29, 0.717) is 26.1 Å². The Morgan fingerprint density at radius 3 is 3.00 bits per heavy atom. The molecule has 1 aromatic rings. The van der Waals surface area contributed by atoms with Crippen LogP contribution >= 0.6 is 0 Å². The Labute approximate surface area is 117 Å². The largest absolute Gasteiger partial charge is 0.481 e. The molecule has 0 spiro atoms. The van der Waals surface area contributed by atoms with Gasteiger partial charge < -0.3 is 19.7 Å². The van der Waals surface area contributed by atoms with Gasteiger partial charge in [0, 0.05) is 25.1 Å². The van der Waals surface area contributed by atoms with Gasteiger partial charge in [-0.15, -0.1) is 0 Å². The number of hydrogen-bond donors (Lipinski definition) is 2. The molecule has 6 heteroatoms. The maximum atomic E-state index is 12.0. The lowest BCUT2D eigenvalue weighted by Gasteiger charge is -2.26. The number of nitrogens with one attached hydrogen (secondary N) is 1. The summed E-state index contributed by atoms with van der Waals surface area (Å²) >= 11 is 0. The molecule has 0 saturated carbocycles. The molecule has 1 aliphatic rings. The number of urea groups is 1. The van der Waals surface area contributed by atoms with Gasteiger partial charge in [0.05, 0.1) is 12.8 Å². The van der Waals surface area contributed by atoms with E-state index in [1.807, 2.05) is 12.1 Å². The highest BCUT2D eigenvalue weighted by Gasteiger charge is 2.19. The highest BCUT2D eigenvalue weighted by Crippen LogP contribution is 2.20. The van der Waals surface area contributed by atoms with Crippen LogP contribution in [0.25, 0.3) is 5.57 Å². The quantitative estimate of drug-likeness (QED) is 0.806. The van der Waals surface area contributed by atoms with Crippen molar-refractivity contribution >= 4 is 17.6 Å². The SMILES string of the molecule is O=C(O)CCCNC(=O)N1CCC=C(c2ccco2)C1. The molecular formula is C14H18N2O4. The standard InChI is InChI=1S/C14H18N2O4/c17-13(18)6-1-7-15-14(19)16-8-2-4-11(10-16)12-5-3-9-20-12/h3-5,9H,1-2,6-8,10H2,(H,15,19)(H,17,18). The molecule has 2 amide bonds. The molecule has 0 saturated heterocycles. The van der Waals surface area contributed by atoms with Gasteiger partial charge in [0.15, 0.2) is 0 Å². The van der Waals surface area contributed by atoms with Crippen LogP contribution in [0.5, 0.6) is 0 Å². The molecule has 1 aromatic heterocycles. The Bertz CT molecular complexity index is 493. The van der Waals surface area contributed by atoms with Crippen LogP contribution in [-0.4, -0.2) is 41.6 Å². The molecule has 0 atom stereocenters. The van der Waals surface area contributed by atoms with E-state index in [1.165, 1.54) is 0 Å². The summed E-state index contributed by atoms with van der Waals surface area (Å²) in [5.41, 5.74) is 1.00. The Balaban J connectivity index is 1.80. The van der Waals surface area contributed by atoms with Crippen LogP contribution in [0.15, 0.2) is 28.9 Å². The fraction of sp³-hybridized carbons (Fsp3) is 0.429. The maximum Gasteiger partial charge on any atom is 0.317 e. The van der Waals surface area contributed by atoms with Gasteiger partial charge in [-0.25, -0.2) is 4.79 Å². The summed E-state index contributed by atoms with van der Waals surface area (Å²) in [6.07, 6.45) is 4.99. The zero-order valence-corrected chi connectivity index (χ0v) is 11.2. The third kappa shape index (κ3) is 3.88. The number of aliphatic carboxylic acids is 1. The monoisotopic (exact) mass is 278 g/mol. The Hall–Kier alpha value is -2.24. The smallest absolute Gasteiger partial charge is 0.317 e. The number of hydrogen-bond acceptors (Lipinski definition) is 3. The lowest BCUT2D eigenvalue weighted by molar-refractivity contribution is -0.137. The van der Waals surface area contributed by atoms with Crippen LogP contribution in [0, 0.1) is 0 Å². The second kappa shape index (κ2) is 6.79. The van der Waals surface area contributed by atoms with Gasteiger partial charge in [0.2, 0.25) is 0 Å². The summed E-state index contributed by atoms with van der Waals surface area (Å²) in [7, 11) is 0. The average molecular weight is 278 g/mol. The topological polar surface area (TPSA) is 82.8 Å². The van der Waals surface area contributed by atoms with Gasteiger partial charge in [-0.3, -0.25) is 4.79 Å². The number of rotatable bonds is 5. The van der Waals surface area contributed by atoms with Crippen LogP contribution in [0.4, 0.5) is 4.79 Å². The number of carboxylic acid groups (broad SMARTS) is 1. The molecular weight excluding hydrogens is 260 g/mol. The number of amides is 2. The van der Waals surface area contributed by atoms with E-state index < -0.39 is 5.97 Å². The normalized spacial score (nSPS) is 14.8. The minimum atomic E-state index is -0.847. The molecule has 0 aromatic carbocycles. The third-order valence-corrected chi connectivity index (χ3v) is 3.12. The summed E-state index contributed by atoms with van der Waals surface area (Å²) in [5, 5.41) is 11.3. The van der Waals surface area contributed by atoms with Crippen molar-refractivity contribution in [2.75, 3.05) is 19.6 Å². The predicted molar refractivity (Wildman–Crippen MR) is 73.1 cm³/mol. The molecule has 0 aliphatic carbocycles. The van der Waals surface area contributed by atoms with Crippen molar-refractivity contribution in [3.05, 3.63) is 30.2 Å². The summed E-state index contributed by atoms with van der Waals surface area (Å²) in [5.74, 6) is -0.0614. The second-order valence-electron chi connectivity index (χ2n) is 4.65. The van der Waals surface area contributed by atoms with Crippen LogP contribution in [0.3, 0.4) is 0 Å². The van der Waals surface area contributed by atoms with Crippen molar-refractivity contribution in [3.63, 3.8) is 0 Å². The minimum Gasteiger partial charge on any atom is -0.481 e.